The van der Waals surface area contributed by atoms with Gasteiger partial charge in [-0.05, 0) is 93.9 Å². The number of benzene rings is 3. The van der Waals surface area contributed by atoms with Crippen LogP contribution in [0.5, 0.6) is 11.5 Å². The van der Waals surface area contributed by atoms with E-state index in [4.69, 9.17) is 9.47 Å². The highest BCUT2D eigenvalue weighted by molar-refractivity contribution is 7.92. The molecule has 0 aromatic heterocycles. The number of halogens is 1. The molecule has 11 heteroatoms. The first-order chi connectivity index (χ1) is 19.2. The van der Waals surface area contributed by atoms with Crippen LogP contribution in [0, 0.1) is 5.82 Å². The Morgan fingerprint density at radius 1 is 0.927 bits per heavy atom. The Kier molecular flexibility index (Phi) is 9.98. The third kappa shape index (κ3) is 8.20. The summed E-state index contributed by atoms with van der Waals surface area (Å²) in [5.41, 5.74) is 0.205. The van der Waals surface area contributed by atoms with E-state index in [1.165, 1.54) is 55.5 Å². The fraction of sp³-hybridized carbons (Fsp3) is 0.333. The molecule has 3 aromatic carbocycles. The number of carbonyl (C=O) groups is 2. The van der Waals surface area contributed by atoms with Crippen molar-refractivity contribution in [2.24, 2.45) is 0 Å². The number of nitrogens with zero attached hydrogens (tertiary/aromatic N) is 2. The molecule has 0 aliphatic heterocycles. The molecule has 3 aromatic rings. The van der Waals surface area contributed by atoms with Crippen LogP contribution < -0.4 is 19.1 Å². The van der Waals surface area contributed by atoms with Crippen molar-refractivity contribution in [3.8, 4) is 11.5 Å². The lowest BCUT2D eigenvalue weighted by Gasteiger charge is -2.33. The third-order valence-corrected chi connectivity index (χ3v) is 7.98. The lowest BCUT2D eigenvalue weighted by atomic mass is 10.1. The average molecular weight is 586 g/mol. The molecule has 0 aliphatic rings. The number of rotatable bonds is 11. The highest BCUT2D eigenvalue weighted by Crippen LogP contribution is 2.26. The molecule has 1 atom stereocenters. The minimum absolute atomic E-state index is 0.00854. The van der Waals surface area contributed by atoms with Gasteiger partial charge in [-0.25, -0.2) is 12.8 Å². The lowest BCUT2D eigenvalue weighted by molar-refractivity contribution is -0.140. The molecule has 0 unspecified atom stereocenters. The molecule has 0 heterocycles. The van der Waals surface area contributed by atoms with Crippen LogP contribution in [0.2, 0.25) is 0 Å². The molecule has 0 saturated carbocycles. The summed E-state index contributed by atoms with van der Waals surface area (Å²) < 4.78 is 52.8. The van der Waals surface area contributed by atoms with Gasteiger partial charge in [-0.3, -0.25) is 13.9 Å². The number of hydrogen-bond donors (Lipinski definition) is 1. The first-order valence-electron chi connectivity index (χ1n) is 12.9. The molecule has 0 radical (unpaired) electrons. The van der Waals surface area contributed by atoms with Crippen molar-refractivity contribution in [3.63, 3.8) is 0 Å². The van der Waals surface area contributed by atoms with E-state index < -0.39 is 45.8 Å². The van der Waals surface area contributed by atoms with Gasteiger partial charge in [-0.2, -0.15) is 0 Å². The summed E-state index contributed by atoms with van der Waals surface area (Å²) in [5.74, 6) is -0.576. The molecule has 1 N–H and O–H groups in total. The van der Waals surface area contributed by atoms with Crippen LogP contribution in [0.1, 0.15) is 33.3 Å². The minimum atomic E-state index is -4.29. The number of hydrogen-bond acceptors (Lipinski definition) is 6. The summed E-state index contributed by atoms with van der Waals surface area (Å²) in [6.07, 6.45) is 0. The van der Waals surface area contributed by atoms with Crippen molar-refractivity contribution in [3.05, 3.63) is 84.2 Å². The maximum Gasteiger partial charge on any atom is 0.264 e. The van der Waals surface area contributed by atoms with Gasteiger partial charge in [0.15, 0.2) is 0 Å². The van der Waals surface area contributed by atoms with Crippen LogP contribution in [0.3, 0.4) is 0 Å². The Morgan fingerprint density at radius 3 is 2.10 bits per heavy atom. The number of ether oxygens (including phenoxy) is 2. The summed E-state index contributed by atoms with van der Waals surface area (Å²) in [4.78, 5) is 28.4. The smallest absolute Gasteiger partial charge is 0.264 e. The van der Waals surface area contributed by atoms with Gasteiger partial charge < -0.3 is 19.7 Å². The Labute approximate surface area is 240 Å². The van der Waals surface area contributed by atoms with E-state index in [0.29, 0.717) is 17.1 Å². The van der Waals surface area contributed by atoms with Gasteiger partial charge in [0.1, 0.15) is 29.9 Å². The summed E-state index contributed by atoms with van der Waals surface area (Å²) in [7, 11) is -1.31. The molecule has 41 heavy (non-hydrogen) atoms. The van der Waals surface area contributed by atoms with Crippen molar-refractivity contribution in [1.29, 1.82) is 0 Å². The summed E-state index contributed by atoms with van der Waals surface area (Å²) in [5, 5.41) is 2.88. The fourth-order valence-electron chi connectivity index (χ4n) is 4.04. The average Bonchev–Trinajstić information content (AvgIpc) is 2.93. The molecular weight excluding hydrogens is 549 g/mol. The predicted octanol–water partition coefficient (Wildman–Crippen LogP) is 4.37. The van der Waals surface area contributed by atoms with E-state index in [1.807, 2.05) is 20.8 Å². The molecular formula is C30H36FN3O6S. The van der Waals surface area contributed by atoms with Crippen molar-refractivity contribution < 1.29 is 31.9 Å². The second-order valence-corrected chi connectivity index (χ2v) is 12.3. The number of anilines is 1. The highest BCUT2D eigenvalue weighted by Gasteiger charge is 2.33. The standard InChI is InChI=1S/C30H36FN3O6S/c1-21(29(36)32-30(2,3)4)33(19-22-8-7-9-26(18-22)40-6)28(35)20-34(24-12-10-23(31)11-13-24)41(37,38)27-16-14-25(39-5)15-17-27/h7-18,21H,19-20H2,1-6H3,(H,32,36)/t21-/m1/s1. The summed E-state index contributed by atoms with van der Waals surface area (Å²) in [6.45, 7) is 6.42. The van der Waals surface area contributed by atoms with Crippen LogP contribution >= 0.6 is 0 Å². The molecule has 3 rings (SSSR count). The van der Waals surface area contributed by atoms with Crippen LogP contribution in [0.15, 0.2) is 77.7 Å². The van der Waals surface area contributed by atoms with E-state index >= 15 is 0 Å². The van der Waals surface area contributed by atoms with Gasteiger partial charge in [0.2, 0.25) is 11.8 Å². The first kappa shape index (κ1) is 31.4. The Balaban J connectivity index is 2.04. The second kappa shape index (κ2) is 13.0. The second-order valence-electron chi connectivity index (χ2n) is 10.5. The van der Waals surface area contributed by atoms with Gasteiger partial charge >= 0.3 is 0 Å². The minimum Gasteiger partial charge on any atom is -0.497 e. The van der Waals surface area contributed by atoms with E-state index in [9.17, 15) is 22.4 Å². The number of amides is 2. The predicted molar refractivity (Wildman–Crippen MR) is 155 cm³/mol. The van der Waals surface area contributed by atoms with Crippen LogP contribution in [-0.4, -0.2) is 57.5 Å². The lowest BCUT2D eigenvalue weighted by Crippen LogP contribution is -2.54. The van der Waals surface area contributed by atoms with Crippen molar-refractivity contribution >= 4 is 27.5 Å². The third-order valence-electron chi connectivity index (χ3n) is 6.19. The van der Waals surface area contributed by atoms with Gasteiger partial charge in [0, 0.05) is 12.1 Å². The Bertz CT molecular complexity index is 1450. The zero-order valence-corrected chi connectivity index (χ0v) is 24.9. The Morgan fingerprint density at radius 2 is 1.54 bits per heavy atom. The largest absolute Gasteiger partial charge is 0.497 e. The molecule has 0 aliphatic carbocycles. The van der Waals surface area contributed by atoms with Crippen LogP contribution in [0.4, 0.5) is 10.1 Å². The molecule has 9 nitrogen and oxygen atoms in total. The topological polar surface area (TPSA) is 105 Å². The Hall–Kier alpha value is -4.12. The number of carbonyl (C=O) groups excluding carboxylic acids is 2. The zero-order valence-electron chi connectivity index (χ0n) is 24.0. The van der Waals surface area contributed by atoms with E-state index in [1.54, 1.807) is 31.2 Å². The summed E-state index contributed by atoms with van der Waals surface area (Å²) >= 11 is 0. The maximum absolute atomic E-state index is 14.0. The van der Waals surface area contributed by atoms with Crippen molar-refractivity contribution in [2.75, 3.05) is 25.1 Å². The number of nitrogens with one attached hydrogen (secondary N) is 1. The highest BCUT2D eigenvalue weighted by atomic mass is 32.2. The normalized spacial score (nSPS) is 12.3. The van der Waals surface area contributed by atoms with E-state index in [0.717, 1.165) is 16.4 Å². The van der Waals surface area contributed by atoms with E-state index in [2.05, 4.69) is 5.32 Å². The van der Waals surface area contributed by atoms with Crippen molar-refractivity contribution in [1.82, 2.24) is 10.2 Å². The van der Waals surface area contributed by atoms with Crippen LogP contribution in [0.25, 0.3) is 0 Å². The van der Waals surface area contributed by atoms with Gasteiger partial charge in [-0.1, -0.05) is 12.1 Å². The SMILES string of the molecule is COc1ccc(S(=O)(=O)N(CC(=O)N(Cc2cccc(OC)c2)[C@H](C)C(=O)NC(C)(C)C)c2ccc(F)cc2)cc1. The van der Waals surface area contributed by atoms with Crippen molar-refractivity contribution in [2.45, 2.75) is 50.7 Å². The quantitative estimate of drug-likeness (QED) is 0.358. The zero-order chi connectivity index (χ0) is 30.4. The van der Waals surface area contributed by atoms with Gasteiger partial charge in [0.25, 0.3) is 10.0 Å². The van der Waals surface area contributed by atoms with Gasteiger partial charge in [-0.15, -0.1) is 0 Å². The molecule has 2 amide bonds. The van der Waals surface area contributed by atoms with Crippen LogP contribution in [-0.2, 0) is 26.2 Å². The first-order valence-corrected chi connectivity index (χ1v) is 14.4. The molecule has 0 saturated heterocycles. The molecule has 0 spiro atoms. The molecule has 0 fully saturated rings. The molecule has 0 bridgehead atoms. The maximum atomic E-state index is 14.0. The number of sulfonamides is 1. The molecule has 220 valence electrons. The summed E-state index contributed by atoms with van der Waals surface area (Å²) in [6, 6.07) is 16.6. The van der Waals surface area contributed by atoms with Gasteiger partial charge in [0.05, 0.1) is 24.8 Å². The monoisotopic (exact) mass is 585 g/mol. The fourth-order valence-corrected chi connectivity index (χ4v) is 5.45. The number of methoxy groups -OCH3 is 2. The van der Waals surface area contributed by atoms with E-state index in [-0.39, 0.29) is 17.1 Å².